The van der Waals surface area contributed by atoms with Crippen LogP contribution in [0.4, 0.5) is 0 Å². The molecule has 4 unspecified atom stereocenters. The van der Waals surface area contributed by atoms with Gasteiger partial charge in [-0.25, -0.2) is 0 Å². The normalized spacial score (nSPS) is 38.6. The largest absolute Gasteiger partial charge is 0.494 e. The van der Waals surface area contributed by atoms with E-state index in [4.69, 9.17) is 18.6 Å². The summed E-state index contributed by atoms with van der Waals surface area (Å²) in [6.45, 7) is 17.0. The lowest BCUT2D eigenvalue weighted by Gasteiger charge is -2.92. The molecule has 4 saturated carbocycles. The first-order valence-electron chi connectivity index (χ1n) is 15.2. The van der Waals surface area contributed by atoms with Gasteiger partial charge in [-0.3, -0.25) is 0 Å². The first-order chi connectivity index (χ1) is 18.2. The number of benzene rings is 2. The lowest BCUT2D eigenvalue weighted by Crippen LogP contribution is -2.89. The molecule has 2 aliphatic heterocycles. The molecule has 4 nitrogen and oxygen atoms in total. The maximum absolute atomic E-state index is 6.36. The highest BCUT2D eigenvalue weighted by Gasteiger charge is 2.89. The van der Waals surface area contributed by atoms with E-state index in [1.165, 1.54) is 30.4 Å². The van der Waals surface area contributed by atoms with E-state index in [1.807, 2.05) is 0 Å². The fourth-order valence-electron chi connectivity index (χ4n) is 9.63. The Bertz CT molecular complexity index is 1210. The minimum absolute atomic E-state index is 0.107. The van der Waals surface area contributed by atoms with Gasteiger partial charge in [0.25, 0.3) is 0 Å². The summed E-state index contributed by atoms with van der Waals surface area (Å²) < 4.78 is 25.5. The zero-order valence-corrected chi connectivity index (χ0v) is 24.8. The van der Waals surface area contributed by atoms with E-state index < -0.39 is 0 Å². The third kappa shape index (κ3) is 2.79. The topological polar surface area (TPSA) is 36.9 Å². The monoisotopic (exact) mass is 524 g/mol. The Morgan fingerprint density at radius 1 is 0.513 bits per heavy atom. The summed E-state index contributed by atoms with van der Waals surface area (Å²) in [6.07, 6.45) is 4.24. The van der Waals surface area contributed by atoms with Gasteiger partial charge >= 0.3 is 14.2 Å². The minimum Gasteiger partial charge on any atom is -0.399 e. The van der Waals surface area contributed by atoms with Gasteiger partial charge in [0.1, 0.15) is 0 Å². The van der Waals surface area contributed by atoms with Crippen molar-refractivity contribution in [2.75, 3.05) is 0 Å². The highest BCUT2D eigenvalue weighted by atomic mass is 16.7. The highest BCUT2D eigenvalue weighted by molar-refractivity contribution is 6.62. The van der Waals surface area contributed by atoms with Crippen molar-refractivity contribution in [1.29, 1.82) is 0 Å². The Balaban J connectivity index is 1.13. The summed E-state index contributed by atoms with van der Waals surface area (Å²) >= 11 is 0. The third-order valence-corrected chi connectivity index (χ3v) is 13.2. The molecule has 8 rings (SSSR count). The van der Waals surface area contributed by atoms with Crippen molar-refractivity contribution in [2.24, 2.45) is 29.1 Å². The van der Waals surface area contributed by atoms with E-state index in [2.05, 4.69) is 104 Å². The quantitative estimate of drug-likeness (QED) is 0.513. The smallest absolute Gasteiger partial charge is 0.399 e. The average Bonchev–Trinajstić information content (AvgIpc) is 3.18. The molecule has 6 aliphatic rings. The summed E-state index contributed by atoms with van der Waals surface area (Å²) in [6, 6.07) is 18.6. The molecule has 0 bridgehead atoms. The molecule has 4 aliphatic carbocycles. The summed E-state index contributed by atoms with van der Waals surface area (Å²) in [7, 11) is -0.639. The van der Waals surface area contributed by atoms with Crippen LogP contribution in [-0.2, 0) is 24.0 Å². The van der Waals surface area contributed by atoms with Crippen LogP contribution in [0.5, 0.6) is 0 Å². The van der Waals surface area contributed by atoms with Gasteiger partial charge in [-0.2, -0.15) is 0 Å². The molecule has 39 heavy (non-hydrogen) atoms. The van der Waals surface area contributed by atoms with Gasteiger partial charge < -0.3 is 18.6 Å². The van der Waals surface area contributed by atoms with Crippen molar-refractivity contribution in [3.05, 3.63) is 59.7 Å². The van der Waals surface area contributed by atoms with Crippen molar-refractivity contribution in [2.45, 2.75) is 102 Å². The van der Waals surface area contributed by atoms with Crippen LogP contribution in [0.3, 0.4) is 0 Å². The third-order valence-electron chi connectivity index (χ3n) is 13.2. The summed E-state index contributed by atoms with van der Waals surface area (Å²) in [5.74, 6) is 3.48. The Kier molecular flexibility index (Phi) is 4.67. The van der Waals surface area contributed by atoms with Crippen molar-refractivity contribution in [3.8, 4) is 0 Å². The van der Waals surface area contributed by atoms with E-state index in [0.29, 0.717) is 5.41 Å². The SMILES string of the molecule is CC1(C)OB(c2ccc(C3(c4ccc(B5OC(C)(C)C(C)(C)O5)cc4)C4CC5CC6CC3C564)cc2)OC1(C)C. The molecule has 204 valence electrons. The van der Waals surface area contributed by atoms with Crippen molar-refractivity contribution >= 4 is 25.2 Å². The molecular formula is C33H42B2O4. The molecule has 4 atom stereocenters. The van der Waals surface area contributed by atoms with Gasteiger partial charge in [0.2, 0.25) is 0 Å². The van der Waals surface area contributed by atoms with E-state index in [-0.39, 0.29) is 42.1 Å². The second-order valence-corrected chi connectivity index (χ2v) is 15.5. The van der Waals surface area contributed by atoms with E-state index in [0.717, 1.165) is 34.6 Å². The average molecular weight is 524 g/mol. The van der Waals surface area contributed by atoms with Crippen LogP contribution in [0.25, 0.3) is 0 Å². The predicted octanol–water partition coefficient (Wildman–Crippen LogP) is 5.25. The molecule has 1 spiro atoms. The second-order valence-electron chi connectivity index (χ2n) is 15.5. The van der Waals surface area contributed by atoms with Gasteiger partial charge in [0.15, 0.2) is 0 Å². The van der Waals surface area contributed by atoms with Gasteiger partial charge in [0.05, 0.1) is 22.4 Å². The number of hydrogen-bond donors (Lipinski definition) is 0. The first-order valence-corrected chi connectivity index (χ1v) is 15.2. The van der Waals surface area contributed by atoms with Crippen LogP contribution in [0.2, 0.25) is 0 Å². The zero-order chi connectivity index (χ0) is 27.4. The molecular weight excluding hydrogens is 482 g/mol. The maximum Gasteiger partial charge on any atom is 0.494 e. The van der Waals surface area contributed by atoms with Crippen LogP contribution < -0.4 is 10.9 Å². The number of hydrogen-bond acceptors (Lipinski definition) is 4. The zero-order valence-electron chi connectivity index (χ0n) is 24.8. The van der Waals surface area contributed by atoms with Crippen LogP contribution in [0, 0.1) is 29.1 Å². The predicted molar refractivity (Wildman–Crippen MR) is 155 cm³/mol. The Morgan fingerprint density at radius 3 is 1.15 bits per heavy atom. The van der Waals surface area contributed by atoms with E-state index in [9.17, 15) is 0 Å². The van der Waals surface area contributed by atoms with Crippen LogP contribution in [0.15, 0.2) is 48.5 Å². The molecule has 2 heterocycles. The summed E-state index contributed by atoms with van der Waals surface area (Å²) in [5.41, 5.74) is 4.59. The molecule has 2 aromatic carbocycles. The summed E-state index contributed by atoms with van der Waals surface area (Å²) in [4.78, 5) is 0. The fourth-order valence-corrected chi connectivity index (χ4v) is 9.63. The molecule has 0 amide bonds. The highest BCUT2D eigenvalue weighted by Crippen LogP contribution is 2.93. The Morgan fingerprint density at radius 2 is 0.846 bits per heavy atom. The first kappa shape index (κ1) is 25.1. The minimum atomic E-state index is -0.330. The van der Waals surface area contributed by atoms with Crippen LogP contribution in [-0.4, -0.2) is 36.6 Å². The Labute approximate surface area is 234 Å². The molecule has 6 fully saturated rings. The van der Waals surface area contributed by atoms with Gasteiger partial charge in [-0.15, -0.1) is 0 Å². The fraction of sp³-hybridized carbons (Fsp3) is 0.636. The molecule has 2 saturated heterocycles. The van der Waals surface area contributed by atoms with Gasteiger partial charge in [0, 0.05) is 5.41 Å². The molecule has 0 N–H and O–H groups in total. The standard InChI is InChI=1S/C33H42B2O4/c1-28(2)29(3,4)37-34(36-28)24-13-9-20(10-14-24)32(26-18-22-17-23-19-27(32)33(22,23)26)21-11-15-25(16-12-21)35-38-30(5,6)31(7,8)39-35/h9-16,22-23,26-27H,17-19H2,1-8H3. The lowest BCUT2D eigenvalue weighted by atomic mass is 9.11. The molecule has 0 aromatic heterocycles. The molecule has 0 radical (unpaired) electrons. The number of rotatable bonds is 4. The van der Waals surface area contributed by atoms with Crippen LogP contribution in [0.1, 0.15) is 85.8 Å². The van der Waals surface area contributed by atoms with Crippen LogP contribution >= 0.6 is 0 Å². The maximum atomic E-state index is 6.36. The second kappa shape index (κ2) is 7.24. The van der Waals surface area contributed by atoms with Crippen molar-refractivity contribution < 1.29 is 18.6 Å². The molecule has 2 aromatic rings. The van der Waals surface area contributed by atoms with Gasteiger partial charge in [-0.1, -0.05) is 48.5 Å². The van der Waals surface area contributed by atoms with E-state index in [1.54, 1.807) is 0 Å². The van der Waals surface area contributed by atoms with Crippen molar-refractivity contribution in [1.82, 2.24) is 0 Å². The summed E-state index contributed by atoms with van der Waals surface area (Å²) in [5, 5.41) is 0. The van der Waals surface area contributed by atoms with E-state index >= 15 is 0 Å². The lowest BCUT2D eigenvalue weighted by molar-refractivity contribution is -0.413. The van der Waals surface area contributed by atoms with Crippen molar-refractivity contribution in [3.63, 3.8) is 0 Å². The molecule has 6 heteroatoms. The Hall–Kier alpha value is -1.59. The van der Waals surface area contributed by atoms with Gasteiger partial charge in [-0.05, 0) is 126 Å².